The van der Waals surface area contributed by atoms with Crippen molar-refractivity contribution in [2.45, 2.75) is 13.0 Å². The van der Waals surface area contributed by atoms with E-state index in [1.54, 1.807) is 6.08 Å². The third-order valence-corrected chi connectivity index (χ3v) is 5.36. The van der Waals surface area contributed by atoms with Gasteiger partial charge in [-0.1, -0.05) is 29.8 Å². The van der Waals surface area contributed by atoms with Gasteiger partial charge in [0.1, 0.15) is 5.82 Å². The van der Waals surface area contributed by atoms with Gasteiger partial charge in [0.25, 0.3) is 5.91 Å². The number of rotatable bonds is 5. The molecule has 0 spiro atoms. The van der Waals surface area contributed by atoms with Gasteiger partial charge in [0.05, 0.1) is 5.02 Å². The van der Waals surface area contributed by atoms with Crippen molar-refractivity contribution in [2.24, 2.45) is 0 Å². The van der Waals surface area contributed by atoms with Crippen LogP contribution in [0.5, 0.6) is 0 Å². The molecule has 1 aromatic heterocycles. The molecule has 0 unspecified atom stereocenters. The summed E-state index contributed by atoms with van der Waals surface area (Å²) in [6.07, 6.45) is 1.79. The number of fused-ring (bicyclic) bond motifs is 1. The standard InChI is InChI=1S/C20H15ClFNO3S/c1-12(20(25)23-14-8-6-13(22)7-9-14)26-18(24)11-10-17-19(21)15-4-2-3-5-16(15)27-17/h2-12H,1H3,(H,23,25)/b11-10+/t12-/m1/s1. The van der Waals surface area contributed by atoms with Crippen molar-refractivity contribution in [1.82, 2.24) is 0 Å². The molecule has 0 fully saturated rings. The lowest BCUT2D eigenvalue weighted by molar-refractivity contribution is -0.148. The normalized spacial score (nSPS) is 12.3. The molecule has 0 aliphatic heterocycles. The van der Waals surface area contributed by atoms with Gasteiger partial charge in [-0.15, -0.1) is 11.3 Å². The molecule has 4 nitrogen and oxygen atoms in total. The van der Waals surface area contributed by atoms with Gasteiger partial charge < -0.3 is 10.1 Å². The monoisotopic (exact) mass is 403 g/mol. The van der Waals surface area contributed by atoms with Gasteiger partial charge in [0.15, 0.2) is 6.10 Å². The second-order valence-electron chi connectivity index (χ2n) is 5.69. The SMILES string of the molecule is C[C@@H](OC(=O)/C=C/c1sc2ccccc2c1Cl)C(=O)Nc1ccc(F)cc1. The van der Waals surface area contributed by atoms with E-state index in [4.69, 9.17) is 16.3 Å². The van der Waals surface area contributed by atoms with Gasteiger partial charge in [0, 0.05) is 26.7 Å². The predicted octanol–water partition coefficient (Wildman–Crippen LogP) is 5.28. The minimum absolute atomic E-state index is 0.405. The first kappa shape index (κ1) is 19.1. The van der Waals surface area contributed by atoms with E-state index in [1.165, 1.54) is 48.6 Å². The minimum atomic E-state index is -1.01. The number of carbonyl (C=O) groups excluding carboxylic acids is 2. The second kappa shape index (κ2) is 8.33. The Balaban J connectivity index is 1.60. The zero-order chi connectivity index (χ0) is 19.4. The van der Waals surface area contributed by atoms with Crippen molar-refractivity contribution in [3.63, 3.8) is 0 Å². The zero-order valence-electron chi connectivity index (χ0n) is 14.2. The Hall–Kier alpha value is -2.70. The molecule has 27 heavy (non-hydrogen) atoms. The molecule has 3 rings (SSSR count). The van der Waals surface area contributed by atoms with Crippen LogP contribution in [0.15, 0.2) is 54.6 Å². The highest BCUT2D eigenvalue weighted by Gasteiger charge is 2.17. The van der Waals surface area contributed by atoms with E-state index in [0.29, 0.717) is 10.7 Å². The highest BCUT2D eigenvalue weighted by atomic mass is 35.5. The number of benzene rings is 2. The maximum absolute atomic E-state index is 12.9. The van der Waals surface area contributed by atoms with E-state index in [0.717, 1.165) is 15.0 Å². The van der Waals surface area contributed by atoms with E-state index in [2.05, 4.69) is 5.32 Å². The predicted molar refractivity (Wildman–Crippen MR) is 106 cm³/mol. The van der Waals surface area contributed by atoms with Crippen LogP contribution in [0.2, 0.25) is 5.02 Å². The lowest BCUT2D eigenvalue weighted by Gasteiger charge is -2.12. The summed E-state index contributed by atoms with van der Waals surface area (Å²) < 4.78 is 19.0. The lowest BCUT2D eigenvalue weighted by Crippen LogP contribution is -2.29. The summed E-state index contributed by atoms with van der Waals surface area (Å²) in [5, 5.41) is 4.04. The summed E-state index contributed by atoms with van der Waals surface area (Å²) in [6.45, 7) is 1.46. The van der Waals surface area contributed by atoms with Gasteiger partial charge in [-0.25, -0.2) is 9.18 Å². The number of esters is 1. The summed E-state index contributed by atoms with van der Waals surface area (Å²) in [4.78, 5) is 24.8. The maximum Gasteiger partial charge on any atom is 0.331 e. The first-order valence-electron chi connectivity index (χ1n) is 8.06. The number of nitrogens with one attached hydrogen (secondary N) is 1. The van der Waals surface area contributed by atoms with Crippen LogP contribution in [-0.2, 0) is 14.3 Å². The third-order valence-electron chi connectivity index (χ3n) is 3.70. The molecule has 1 atom stereocenters. The number of hydrogen-bond donors (Lipinski definition) is 1. The quantitative estimate of drug-likeness (QED) is 0.466. The van der Waals surface area contributed by atoms with E-state index < -0.39 is 23.8 Å². The van der Waals surface area contributed by atoms with Crippen molar-refractivity contribution >= 4 is 56.7 Å². The van der Waals surface area contributed by atoms with Crippen LogP contribution >= 0.6 is 22.9 Å². The van der Waals surface area contributed by atoms with E-state index in [9.17, 15) is 14.0 Å². The van der Waals surface area contributed by atoms with Crippen LogP contribution in [0, 0.1) is 5.82 Å². The average Bonchev–Trinajstić information content (AvgIpc) is 2.98. The molecule has 0 bridgehead atoms. The van der Waals surface area contributed by atoms with Gasteiger partial charge in [-0.2, -0.15) is 0 Å². The number of anilines is 1. The minimum Gasteiger partial charge on any atom is -0.449 e. The van der Waals surface area contributed by atoms with E-state index >= 15 is 0 Å². The number of thiophene rings is 1. The fourth-order valence-electron chi connectivity index (χ4n) is 2.33. The molecule has 0 radical (unpaired) electrons. The van der Waals surface area contributed by atoms with Gasteiger partial charge in [-0.05, 0) is 43.3 Å². The summed E-state index contributed by atoms with van der Waals surface area (Å²) in [7, 11) is 0. The van der Waals surface area contributed by atoms with E-state index in [-0.39, 0.29) is 0 Å². The van der Waals surface area contributed by atoms with Gasteiger partial charge in [0.2, 0.25) is 0 Å². The highest BCUT2D eigenvalue weighted by molar-refractivity contribution is 7.20. The van der Waals surface area contributed by atoms with Crippen molar-refractivity contribution in [1.29, 1.82) is 0 Å². The molecule has 1 N–H and O–H groups in total. The second-order valence-corrected chi connectivity index (χ2v) is 7.15. The maximum atomic E-state index is 12.9. The van der Waals surface area contributed by atoms with Crippen molar-refractivity contribution < 1.29 is 18.7 Å². The van der Waals surface area contributed by atoms with Crippen LogP contribution in [0.3, 0.4) is 0 Å². The Morgan fingerprint density at radius 1 is 1.19 bits per heavy atom. The van der Waals surface area contributed by atoms with Crippen LogP contribution < -0.4 is 5.32 Å². The van der Waals surface area contributed by atoms with Crippen LogP contribution in [0.4, 0.5) is 10.1 Å². The van der Waals surface area contributed by atoms with Crippen LogP contribution in [0.1, 0.15) is 11.8 Å². The topological polar surface area (TPSA) is 55.4 Å². The smallest absolute Gasteiger partial charge is 0.331 e. The Kier molecular flexibility index (Phi) is 5.88. The highest BCUT2D eigenvalue weighted by Crippen LogP contribution is 2.35. The zero-order valence-corrected chi connectivity index (χ0v) is 15.8. The molecule has 0 saturated heterocycles. The molecule has 0 aliphatic carbocycles. The van der Waals surface area contributed by atoms with Gasteiger partial charge in [-0.3, -0.25) is 4.79 Å². The van der Waals surface area contributed by atoms with E-state index in [1.807, 2.05) is 24.3 Å². The number of halogens is 2. The molecular weight excluding hydrogens is 389 g/mol. The first-order chi connectivity index (χ1) is 12.9. The molecule has 1 heterocycles. The summed E-state index contributed by atoms with van der Waals surface area (Å²) in [5.74, 6) is -1.58. The Morgan fingerprint density at radius 2 is 1.89 bits per heavy atom. The molecule has 2 aromatic carbocycles. The average molecular weight is 404 g/mol. The number of hydrogen-bond acceptors (Lipinski definition) is 4. The first-order valence-corrected chi connectivity index (χ1v) is 9.25. The number of amides is 1. The molecule has 3 aromatic rings. The lowest BCUT2D eigenvalue weighted by atomic mass is 10.2. The van der Waals surface area contributed by atoms with Crippen LogP contribution in [0.25, 0.3) is 16.2 Å². The third kappa shape index (κ3) is 4.72. The van der Waals surface area contributed by atoms with Crippen molar-refractivity contribution in [3.8, 4) is 0 Å². The number of ether oxygens (including phenoxy) is 1. The Morgan fingerprint density at radius 3 is 2.59 bits per heavy atom. The summed E-state index contributed by atoms with van der Waals surface area (Å²) in [6, 6.07) is 13.0. The van der Waals surface area contributed by atoms with Crippen molar-refractivity contribution in [2.75, 3.05) is 5.32 Å². The molecule has 0 aliphatic rings. The Labute approximate surface area is 164 Å². The summed E-state index contributed by atoms with van der Waals surface area (Å²) in [5.41, 5.74) is 0.414. The molecule has 1 amide bonds. The molecular formula is C20H15ClFNO3S. The Bertz CT molecular complexity index is 1010. The molecule has 7 heteroatoms. The molecule has 138 valence electrons. The fourth-order valence-corrected chi connectivity index (χ4v) is 3.73. The number of carbonyl (C=O) groups is 2. The fraction of sp³-hybridized carbons (Fsp3) is 0.100. The largest absolute Gasteiger partial charge is 0.449 e. The van der Waals surface area contributed by atoms with Crippen LogP contribution in [-0.4, -0.2) is 18.0 Å². The van der Waals surface area contributed by atoms with Crippen molar-refractivity contribution in [3.05, 3.63) is 70.3 Å². The van der Waals surface area contributed by atoms with Gasteiger partial charge >= 0.3 is 5.97 Å². The summed E-state index contributed by atoms with van der Waals surface area (Å²) >= 11 is 7.77. The molecule has 0 saturated carbocycles.